The van der Waals surface area contributed by atoms with Crippen LogP contribution in [0.3, 0.4) is 0 Å². The van der Waals surface area contributed by atoms with Crippen LogP contribution >= 0.6 is 0 Å². The fourth-order valence-corrected chi connectivity index (χ4v) is 4.52. The number of carbonyl (C=O) groups is 2. The summed E-state index contributed by atoms with van der Waals surface area (Å²) in [5.74, 6) is 0.0741. The van der Waals surface area contributed by atoms with Crippen LogP contribution in [-0.4, -0.2) is 62.6 Å². The van der Waals surface area contributed by atoms with Gasteiger partial charge in [0.05, 0.1) is 37.3 Å². The van der Waals surface area contributed by atoms with Crippen LogP contribution < -0.4 is 4.74 Å². The second-order valence-corrected chi connectivity index (χ2v) is 8.81. The highest BCUT2D eigenvalue weighted by molar-refractivity contribution is 5.98. The molecule has 1 aromatic carbocycles. The second kappa shape index (κ2) is 9.24. The van der Waals surface area contributed by atoms with Gasteiger partial charge in [0.1, 0.15) is 11.7 Å². The molecule has 2 fully saturated rings. The van der Waals surface area contributed by atoms with E-state index < -0.39 is 5.97 Å². The van der Waals surface area contributed by atoms with Crippen LogP contribution in [0.5, 0.6) is 5.88 Å². The maximum Gasteiger partial charge on any atom is 0.343 e. The summed E-state index contributed by atoms with van der Waals surface area (Å²) < 4.78 is 11.3. The molecule has 34 heavy (non-hydrogen) atoms. The first-order chi connectivity index (χ1) is 16.6. The van der Waals surface area contributed by atoms with Crippen molar-refractivity contribution in [1.29, 1.82) is 0 Å². The van der Waals surface area contributed by atoms with E-state index in [0.717, 1.165) is 31.2 Å². The SMILES string of the molecule is COC(=O)c1c(C2CC2)ccnc1O[C@@H]1CC[C@@H](C)N(C(=O)c2ccccc2-n2nccn2)C1. The van der Waals surface area contributed by atoms with Crippen molar-refractivity contribution in [1.82, 2.24) is 24.9 Å². The number of ether oxygens (including phenoxy) is 2. The van der Waals surface area contributed by atoms with Crippen LogP contribution in [0.4, 0.5) is 0 Å². The average Bonchev–Trinajstić information content (AvgIpc) is 3.57. The number of aromatic nitrogens is 4. The van der Waals surface area contributed by atoms with E-state index in [-0.39, 0.29) is 23.9 Å². The van der Waals surface area contributed by atoms with Crippen LogP contribution in [0.1, 0.15) is 64.8 Å². The van der Waals surface area contributed by atoms with Gasteiger partial charge in [-0.25, -0.2) is 9.78 Å². The van der Waals surface area contributed by atoms with E-state index in [0.29, 0.717) is 29.3 Å². The van der Waals surface area contributed by atoms with E-state index in [9.17, 15) is 9.59 Å². The third kappa shape index (κ3) is 4.25. The monoisotopic (exact) mass is 461 g/mol. The zero-order chi connectivity index (χ0) is 23.7. The molecule has 0 unspecified atom stereocenters. The highest BCUT2D eigenvalue weighted by atomic mass is 16.5. The van der Waals surface area contributed by atoms with Crippen molar-refractivity contribution in [3.8, 4) is 11.6 Å². The first-order valence-corrected chi connectivity index (χ1v) is 11.6. The Hall–Kier alpha value is -3.75. The van der Waals surface area contributed by atoms with Gasteiger partial charge in [-0.2, -0.15) is 15.0 Å². The predicted molar refractivity (Wildman–Crippen MR) is 123 cm³/mol. The number of benzene rings is 1. The molecule has 2 atom stereocenters. The van der Waals surface area contributed by atoms with Gasteiger partial charge in [-0.1, -0.05) is 12.1 Å². The van der Waals surface area contributed by atoms with Gasteiger partial charge in [0.2, 0.25) is 5.88 Å². The summed E-state index contributed by atoms with van der Waals surface area (Å²) in [6.07, 6.45) is 8.16. The van der Waals surface area contributed by atoms with E-state index in [1.54, 1.807) is 24.7 Å². The summed E-state index contributed by atoms with van der Waals surface area (Å²) in [5, 5.41) is 8.37. The van der Waals surface area contributed by atoms with Crippen molar-refractivity contribution in [3.63, 3.8) is 0 Å². The molecule has 5 rings (SSSR count). The standard InChI is InChI=1S/C25H27N5O4/c1-16-7-10-18(34-23-22(25(32)33-2)19(11-12-26-23)17-8-9-17)15-29(16)24(31)20-5-3-4-6-21(20)30-27-13-14-28-30/h3-6,11-14,16-18H,7-10,15H2,1-2H3/t16-,18-/m1/s1. The number of amides is 1. The van der Waals surface area contributed by atoms with Crippen molar-refractivity contribution in [3.05, 3.63) is 65.6 Å². The Morgan fingerprint density at radius 1 is 1.00 bits per heavy atom. The largest absolute Gasteiger partial charge is 0.472 e. The molecular formula is C25H27N5O4. The summed E-state index contributed by atoms with van der Waals surface area (Å²) in [5.41, 5.74) is 2.48. The molecule has 0 radical (unpaired) electrons. The lowest BCUT2D eigenvalue weighted by Gasteiger charge is -2.38. The molecule has 2 aromatic heterocycles. The number of methoxy groups -OCH3 is 1. The summed E-state index contributed by atoms with van der Waals surface area (Å²) in [6.45, 7) is 2.42. The van der Waals surface area contributed by atoms with Gasteiger partial charge in [-0.05, 0) is 62.3 Å². The number of nitrogens with zero attached hydrogens (tertiary/aromatic N) is 5. The summed E-state index contributed by atoms with van der Waals surface area (Å²) in [6, 6.07) is 9.21. The molecule has 1 aliphatic carbocycles. The molecule has 2 aliphatic rings. The first-order valence-electron chi connectivity index (χ1n) is 11.6. The highest BCUT2D eigenvalue weighted by Gasteiger charge is 2.35. The Morgan fingerprint density at radius 3 is 2.50 bits per heavy atom. The number of hydrogen-bond donors (Lipinski definition) is 0. The summed E-state index contributed by atoms with van der Waals surface area (Å²) in [7, 11) is 1.37. The molecule has 3 heterocycles. The van der Waals surface area contributed by atoms with Gasteiger partial charge in [0, 0.05) is 12.2 Å². The van der Waals surface area contributed by atoms with Crippen molar-refractivity contribution >= 4 is 11.9 Å². The molecule has 0 bridgehead atoms. The van der Waals surface area contributed by atoms with Gasteiger partial charge in [-0.3, -0.25) is 4.79 Å². The normalized spacial score (nSPS) is 20.1. The van der Waals surface area contributed by atoms with Crippen LogP contribution in [0.15, 0.2) is 48.9 Å². The highest BCUT2D eigenvalue weighted by Crippen LogP contribution is 2.43. The minimum absolute atomic E-state index is 0.0387. The second-order valence-electron chi connectivity index (χ2n) is 8.81. The van der Waals surface area contributed by atoms with Crippen LogP contribution in [0.2, 0.25) is 0 Å². The fourth-order valence-electron chi connectivity index (χ4n) is 4.52. The lowest BCUT2D eigenvalue weighted by Crippen LogP contribution is -2.49. The number of pyridine rings is 1. The number of piperidine rings is 1. The summed E-state index contributed by atoms with van der Waals surface area (Å²) >= 11 is 0. The molecule has 176 valence electrons. The Morgan fingerprint density at radius 2 is 1.76 bits per heavy atom. The number of rotatable bonds is 6. The van der Waals surface area contributed by atoms with Gasteiger partial charge < -0.3 is 14.4 Å². The van der Waals surface area contributed by atoms with E-state index in [1.807, 2.05) is 36.1 Å². The minimum Gasteiger partial charge on any atom is -0.472 e. The fraction of sp³-hybridized carbons (Fsp3) is 0.400. The van der Waals surface area contributed by atoms with Crippen LogP contribution in [0.25, 0.3) is 5.69 Å². The molecule has 1 aliphatic heterocycles. The Labute approximate surface area is 197 Å². The van der Waals surface area contributed by atoms with E-state index >= 15 is 0 Å². The number of para-hydroxylation sites is 1. The quantitative estimate of drug-likeness (QED) is 0.519. The van der Waals surface area contributed by atoms with Gasteiger partial charge in [0.15, 0.2) is 0 Å². The molecule has 9 nitrogen and oxygen atoms in total. The van der Waals surface area contributed by atoms with E-state index in [1.165, 1.54) is 11.9 Å². The number of esters is 1. The molecule has 3 aromatic rings. The zero-order valence-corrected chi connectivity index (χ0v) is 19.3. The molecular weight excluding hydrogens is 434 g/mol. The van der Waals surface area contributed by atoms with E-state index in [2.05, 4.69) is 15.2 Å². The molecule has 9 heteroatoms. The van der Waals surface area contributed by atoms with Crippen molar-refractivity contribution in [2.24, 2.45) is 0 Å². The minimum atomic E-state index is -0.442. The Bertz CT molecular complexity index is 1190. The van der Waals surface area contributed by atoms with Gasteiger partial charge in [0.25, 0.3) is 5.91 Å². The Balaban J connectivity index is 1.39. The third-order valence-electron chi connectivity index (χ3n) is 6.50. The summed E-state index contributed by atoms with van der Waals surface area (Å²) in [4.78, 5) is 33.8. The van der Waals surface area contributed by atoms with Crippen LogP contribution in [0, 0.1) is 0 Å². The average molecular weight is 462 g/mol. The zero-order valence-electron chi connectivity index (χ0n) is 19.3. The van der Waals surface area contributed by atoms with Crippen LogP contribution in [-0.2, 0) is 4.74 Å². The molecule has 1 saturated heterocycles. The molecule has 1 saturated carbocycles. The molecule has 0 spiro atoms. The lowest BCUT2D eigenvalue weighted by atomic mass is 9.99. The van der Waals surface area contributed by atoms with Crippen molar-refractivity contribution in [2.45, 2.75) is 50.7 Å². The lowest BCUT2D eigenvalue weighted by molar-refractivity contribution is 0.0358. The predicted octanol–water partition coefficient (Wildman–Crippen LogP) is 3.40. The maximum absolute atomic E-state index is 13.6. The third-order valence-corrected chi connectivity index (χ3v) is 6.50. The van der Waals surface area contributed by atoms with Gasteiger partial charge >= 0.3 is 5.97 Å². The Kier molecular flexibility index (Phi) is 6.00. The first kappa shape index (κ1) is 22.1. The number of hydrogen-bond acceptors (Lipinski definition) is 7. The molecule has 1 amide bonds. The maximum atomic E-state index is 13.6. The van der Waals surface area contributed by atoms with Crippen molar-refractivity contribution < 1.29 is 19.1 Å². The number of likely N-dealkylation sites (tertiary alicyclic amines) is 1. The molecule has 0 N–H and O–H groups in total. The van der Waals surface area contributed by atoms with Crippen molar-refractivity contribution in [2.75, 3.05) is 13.7 Å². The smallest absolute Gasteiger partial charge is 0.343 e. The van der Waals surface area contributed by atoms with E-state index in [4.69, 9.17) is 9.47 Å². The number of carbonyl (C=O) groups excluding carboxylic acids is 2. The van der Waals surface area contributed by atoms with Gasteiger partial charge in [-0.15, -0.1) is 0 Å². The topological polar surface area (TPSA) is 99.4 Å².